The number of H-pyrrole nitrogens is 1. The Labute approximate surface area is 169 Å². The van der Waals surface area contributed by atoms with Gasteiger partial charge in [-0.3, -0.25) is 10.00 Å². The number of benzene rings is 2. The van der Waals surface area contributed by atoms with E-state index in [9.17, 15) is 13.2 Å². The van der Waals surface area contributed by atoms with Gasteiger partial charge < -0.3 is 4.74 Å². The molecule has 2 heterocycles. The van der Waals surface area contributed by atoms with Gasteiger partial charge in [-0.25, -0.2) is 8.78 Å². The van der Waals surface area contributed by atoms with Gasteiger partial charge in [0.2, 0.25) is 0 Å². The number of rotatable bonds is 4. The molecule has 0 saturated carbocycles. The molecule has 2 aromatic carbocycles. The van der Waals surface area contributed by atoms with Crippen LogP contribution in [0.3, 0.4) is 0 Å². The molecular formula is C21H19F5N3O. The summed E-state index contributed by atoms with van der Waals surface area (Å²) < 4.78 is 75.3. The first-order valence-electron chi connectivity index (χ1n) is 9.38. The zero-order valence-electron chi connectivity index (χ0n) is 16.1. The molecule has 159 valence electrons. The van der Waals surface area contributed by atoms with E-state index in [0.29, 0.717) is 17.5 Å². The third-order valence-corrected chi connectivity index (χ3v) is 5.42. The molecule has 0 amide bonds. The third-order valence-electron chi connectivity index (χ3n) is 5.42. The van der Waals surface area contributed by atoms with E-state index in [-0.39, 0.29) is 12.4 Å². The number of aromatic nitrogens is 2. The lowest BCUT2D eigenvalue weighted by molar-refractivity contribution is -0.155. The van der Waals surface area contributed by atoms with E-state index >= 15 is 8.78 Å². The van der Waals surface area contributed by atoms with Crippen molar-refractivity contribution in [2.45, 2.75) is 31.6 Å². The first-order valence-corrected chi connectivity index (χ1v) is 9.38. The number of nitrogens with zero attached hydrogens (tertiary/aromatic N) is 2. The number of hydrogen-bond donors (Lipinski definition) is 1. The average Bonchev–Trinajstić information content (AvgIpc) is 3.12. The maximum absolute atomic E-state index is 15.0. The van der Waals surface area contributed by atoms with Gasteiger partial charge in [0.1, 0.15) is 17.4 Å². The van der Waals surface area contributed by atoms with E-state index in [0.717, 1.165) is 28.0 Å². The zero-order chi connectivity index (χ0) is 21.6. The molecule has 0 saturated heterocycles. The van der Waals surface area contributed by atoms with Crippen LogP contribution in [0.2, 0.25) is 0 Å². The first-order chi connectivity index (χ1) is 14.2. The van der Waals surface area contributed by atoms with E-state index in [4.69, 9.17) is 4.74 Å². The van der Waals surface area contributed by atoms with Gasteiger partial charge in [0.05, 0.1) is 30.9 Å². The maximum Gasteiger partial charge on any atom is 0.401 e. The van der Waals surface area contributed by atoms with Gasteiger partial charge in [-0.1, -0.05) is 6.07 Å². The molecule has 0 unspecified atom stereocenters. The van der Waals surface area contributed by atoms with Gasteiger partial charge in [-0.2, -0.15) is 18.3 Å². The highest BCUT2D eigenvalue weighted by Crippen LogP contribution is 2.43. The summed E-state index contributed by atoms with van der Waals surface area (Å²) in [6, 6.07) is 3.36. The smallest absolute Gasteiger partial charge is 0.401 e. The second-order valence-electron chi connectivity index (χ2n) is 7.36. The molecule has 9 heteroatoms. The van der Waals surface area contributed by atoms with Crippen molar-refractivity contribution in [1.82, 2.24) is 15.1 Å². The SMILES string of the molecule is [CH2]COc1cc(F)c([C@@H]2c3ccc4[nH]ncc4c3C[C@@H](C)N2CC(F)(F)F)c(F)c1. The van der Waals surface area contributed by atoms with Crippen molar-refractivity contribution in [2.75, 3.05) is 13.2 Å². The second-order valence-corrected chi connectivity index (χ2v) is 7.36. The minimum Gasteiger partial charge on any atom is -0.493 e. The van der Waals surface area contributed by atoms with Crippen molar-refractivity contribution in [3.05, 3.63) is 65.7 Å². The molecule has 2 atom stereocenters. The molecular weight excluding hydrogens is 405 g/mol. The number of nitrogens with one attached hydrogen (secondary N) is 1. The molecule has 0 aliphatic carbocycles. The fourth-order valence-corrected chi connectivity index (χ4v) is 4.22. The van der Waals surface area contributed by atoms with Crippen molar-refractivity contribution in [2.24, 2.45) is 0 Å². The lowest BCUT2D eigenvalue weighted by atomic mass is 9.83. The van der Waals surface area contributed by atoms with Gasteiger partial charge in [0.25, 0.3) is 0 Å². The van der Waals surface area contributed by atoms with E-state index in [1.54, 1.807) is 25.3 Å². The molecule has 30 heavy (non-hydrogen) atoms. The lowest BCUT2D eigenvalue weighted by Gasteiger charge is -2.42. The quantitative estimate of drug-likeness (QED) is 0.603. The fraction of sp³-hybridized carbons (Fsp3) is 0.333. The highest BCUT2D eigenvalue weighted by atomic mass is 19.4. The normalized spacial score (nSPS) is 19.8. The molecule has 1 radical (unpaired) electrons. The summed E-state index contributed by atoms with van der Waals surface area (Å²) in [7, 11) is 0. The molecule has 4 nitrogen and oxygen atoms in total. The third kappa shape index (κ3) is 3.62. The second kappa shape index (κ2) is 7.54. The number of ether oxygens (including phenoxy) is 1. The van der Waals surface area contributed by atoms with Crippen LogP contribution in [0.1, 0.15) is 29.7 Å². The molecule has 1 aliphatic rings. The fourth-order valence-electron chi connectivity index (χ4n) is 4.22. The lowest BCUT2D eigenvalue weighted by Crippen LogP contribution is -2.47. The number of hydrogen-bond acceptors (Lipinski definition) is 3. The summed E-state index contributed by atoms with van der Waals surface area (Å²) in [6.07, 6.45) is -2.66. The number of fused-ring (bicyclic) bond motifs is 3. The zero-order valence-corrected chi connectivity index (χ0v) is 16.1. The summed E-state index contributed by atoms with van der Waals surface area (Å²) in [6.45, 7) is 3.75. The van der Waals surface area contributed by atoms with Crippen LogP contribution in [0.4, 0.5) is 22.0 Å². The van der Waals surface area contributed by atoms with Crippen LogP contribution in [0.15, 0.2) is 30.5 Å². The average molecular weight is 424 g/mol. The predicted molar refractivity (Wildman–Crippen MR) is 101 cm³/mol. The minimum absolute atomic E-state index is 0.0415. The molecule has 0 fully saturated rings. The summed E-state index contributed by atoms with van der Waals surface area (Å²) in [5.41, 5.74) is 1.43. The molecule has 1 N–H and O–H groups in total. The Bertz CT molecular complexity index is 1060. The van der Waals surface area contributed by atoms with Crippen molar-refractivity contribution in [3.8, 4) is 5.75 Å². The molecule has 1 aromatic heterocycles. The first kappa shape index (κ1) is 20.6. The van der Waals surface area contributed by atoms with Gasteiger partial charge in [0.15, 0.2) is 0 Å². The Balaban J connectivity index is 1.93. The van der Waals surface area contributed by atoms with Crippen LogP contribution < -0.4 is 4.74 Å². The van der Waals surface area contributed by atoms with Crippen LogP contribution in [-0.2, 0) is 6.42 Å². The van der Waals surface area contributed by atoms with Crippen LogP contribution in [0, 0.1) is 18.6 Å². The minimum atomic E-state index is -4.53. The molecule has 3 aromatic rings. The van der Waals surface area contributed by atoms with Gasteiger partial charge >= 0.3 is 6.18 Å². The van der Waals surface area contributed by atoms with Crippen molar-refractivity contribution in [3.63, 3.8) is 0 Å². The number of halogens is 5. The van der Waals surface area contributed by atoms with E-state index < -0.39 is 42.0 Å². The molecule has 1 aliphatic heterocycles. The number of alkyl halides is 3. The largest absolute Gasteiger partial charge is 0.493 e. The summed E-state index contributed by atoms with van der Waals surface area (Å²) in [5, 5.41) is 7.54. The van der Waals surface area contributed by atoms with Gasteiger partial charge in [0, 0.05) is 29.1 Å². The van der Waals surface area contributed by atoms with Crippen LogP contribution in [0.25, 0.3) is 10.9 Å². The Morgan fingerprint density at radius 1 is 1.23 bits per heavy atom. The van der Waals surface area contributed by atoms with Crippen molar-refractivity contribution < 1.29 is 26.7 Å². The van der Waals surface area contributed by atoms with E-state index in [1.807, 2.05) is 0 Å². The summed E-state index contributed by atoms with van der Waals surface area (Å²) in [5.74, 6) is -2.01. The van der Waals surface area contributed by atoms with Crippen LogP contribution >= 0.6 is 0 Å². The highest BCUT2D eigenvalue weighted by molar-refractivity contribution is 5.83. The van der Waals surface area contributed by atoms with E-state index in [2.05, 4.69) is 17.1 Å². The van der Waals surface area contributed by atoms with Crippen LogP contribution in [0.5, 0.6) is 5.75 Å². The Hall–Kier alpha value is -2.68. The van der Waals surface area contributed by atoms with Crippen molar-refractivity contribution >= 4 is 10.9 Å². The summed E-state index contributed by atoms with van der Waals surface area (Å²) in [4.78, 5) is 1.09. The molecule has 0 bridgehead atoms. The Kier molecular flexibility index (Phi) is 5.17. The molecule has 0 spiro atoms. The predicted octanol–water partition coefficient (Wildman–Crippen LogP) is 4.95. The van der Waals surface area contributed by atoms with E-state index in [1.165, 1.54) is 0 Å². The maximum atomic E-state index is 15.0. The molecule has 4 rings (SSSR count). The van der Waals surface area contributed by atoms with Crippen LogP contribution in [-0.4, -0.2) is 40.5 Å². The monoisotopic (exact) mass is 424 g/mol. The summed E-state index contributed by atoms with van der Waals surface area (Å²) >= 11 is 0. The Morgan fingerprint density at radius 3 is 2.57 bits per heavy atom. The standard InChI is InChI=1S/C21H19F5N3O/c1-3-30-12-7-16(22)19(17(23)8-12)20-13-4-5-18-15(9-27-28-18)14(13)6-11(2)29(20)10-21(24,25)26/h4-5,7-9,11,20H,1,3,6,10H2,2H3,(H,27,28)/t11-,20+/m1/s1. The number of aromatic amines is 1. The highest BCUT2D eigenvalue weighted by Gasteiger charge is 2.43. The van der Waals surface area contributed by atoms with Gasteiger partial charge in [-0.15, -0.1) is 0 Å². The topological polar surface area (TPSA) is 41.1 Å². The van der Waals surface area contributed by atoms with Gasteiger partial charge in [-0.05, 0) is 37.5 Å². The Morgan fingerprint density at radius 2 is 1.93 bits per heavy atom. The van der Waals surface area contributed by atoms with Crippen molar-refractivity contribution in [1.29, 1.82) is 0 Å².